The highest BCUT2D eigenvalue weighted by atomic mass is 16.6. The highest BCUT2D eigenvalue weighted by Crippen LogP contribution is 2.34. The molecule has 4 aliphatic rings. The molecule has 12 heterocycles. The first-order chi connectivity index (χ1) is 52.7. The van der Waals surface area contributed by atoms with Crippen LogP contribution in [0.5, 0.6) is 0 Å². The summed E-state index contributed by atoms with van der Waals surface area (Å²) in [4.78, 5) is 105. The molecule has 4 fully saturated rings. The highest BCUT2D eigenvalue weighted by Gasteiger charge is 2.50. The van der Waals surface area contributed by atoms with Gasteiger partial charge in [0.1, 0.15) is 50.8 Å². The first-order valence-electron chi connectivity index (χ1n) is 34.2. The fourth-order valence-corrected chi connectivity index (χ4v) is 10.7. The SMILES string of the molecule is CC(C)(C)OC(=O)NC1(C(=O)O)COC1.Cc1ccc(-c2noc(C3(N)COC3)n2)cc1NC(=O)c1cnc2ccccn12.Cc1ccc(-c2noc(C3(NC(=O)OC(C)(C)C)COC3)n2)cc1NC(=O)c1cnc2ccccn12.Cc1ccc(/C(N)=N/O)cc1NC(=O)c1cnc2ccccn12.NC1(C(=O)O)COC1. The number of ether oxygens (including phenoxy) is 6. The monoisotopic (exact) mass is 1520 g/mol. The molecule has 14 N–H and O–H groups in total. The van der Waals surface area contributed by atoms with Gasteiger partial charge in [-0.2, -0.15) is 9.97 Å². The van der Waals surface area contributed by atoms with Crippen LogP contribution in [-0.4, -0.2) is 187 Å². The third-order valence-corrected chi connectivity index (χ3v) is 17.2. The number of benzene rings is 3. The van der Waals surface area contributed by atoms with Gasteiger partial charge < -0.3 is 96.7 Å². The molecule has 0 spiro atoms. The van der Waals surface area contributed by atoms with E-state index in [0.29, 0.717) is 98.5 Å². The van der Waals surface area contributed by atoms with Crippen molar-refractivity contribution in [2.45, 2.75) is 95.7 Å². The second-order valence-corrected chi connectivity index (χ2v) is 28.3. The minimum atomic E-state index is -1.32. The van der Waals surface area contributed by atoms with Crippen molar-refractivity contribution in [2.75, 3.05) is 68.8 Å². The van der Waals surface area contributed by atoms with Crippen molar-refractivity contribution in [1.82, 2.24) is 59.1 Å². The van der Waals surface area contributed by atoms with Crippen LogP contribution < -0.4 is 43.8 Å². The third-order valence-electron chi connectivity index (χ3n) is 17.2. The van der Waals surface area contributed by atoms with Crippen molar-refractivity contribution in [2.24, 2.45) is 22.4 Å². The summed E-state index contributed by atoms with van der Waals surface area (Å²) in [5.74, 6) is -1.68. The summed E-state index contributed by atoms with van der Waals surface area (Å²) < 4.78 is 46.1. The molecule has 0 bridgehead atoms. The zero-order valence-electron chi connectivity index (χ0n) is 61.6. The first-order valence-corrected chi connectivity index (χ1v) is 34.2. The Balaban J connectivity index is 0.000000147. The highest BCUT2D eigenvalue weighted by molar-refractivity contribution is 6.06. The van der Waals surface area contributed by atoms with Gasteiger partial charge in [0.15, 0.2) is 22.5 Å². The van der Waals surface area contributed by atoms with Crippen LogP contribution in [0.15, 0.2) is 161 Å². The van der Waals surface area contributed by atoms with E-state index < -0.39 is 57.5 Å². The fraction of sp³-hybridized carbons (Fsp3) is 0.311. The Morgan fingerprint density at radius 3 is 1.25 bits per heavy atom. The Morgan fingerprint density at radius 2 is 0.901 bits per heavy atom. The zero-order valence-corrected chi connectivity index (χ0v) is 61.6. The molecule has 580 valence electrons. The van der Waals surface area contributed by atoms with Crippen molar-refractivity contribution in [3.63, 3.8) is 0 Å². The average molecular weight is 1520 g/mol. The summed E-state index contributed by atoms with van der Waals surface area (Å²) in [6.45, 7) is 17.4. The van der Waals surface area contributed by atoms with E-state index in [1.807, 2.05) is 106 Å². The lowest BCUT2D eigenvalue weighted by Crippen LogP contribution is -2.67. The van der Waals surface area contributed by atoms with E-state index in [9.17, 15) is 33.6 Å². The summed E-state index contributed by atoms with van der Waals surface area (Å²) in [5, 5.41) is 50.8. The molecule has 11 aromatic rings. The Hall–Kier alpha value is -13.1. The molecule has 37 nitrogen and oxygen atoms in total. The number of pyridine rings is 3. The minimum Gasteiger partial charge on any atom is -0.480 e. The van der Waals surface area contributed by atoms with E-state index in [1.54, 1.807) is 104 Å². The van der Waals surface area contributed by atoms with Crippen molar-refractivity contribution in [3.8, 4) is 22.8 Å². The Kier molecular flexibility index (Phi) is 23.1. The average Bonchev–Trinajstić information content (AvgIpc) is 1.69. The summed E-state index contributed by atoms with van der Waals surface area (Å²) >= 11 is 0. The van der Waals surface area contributed by atoms with Gasteiger partial charge >= 0.3 is 24.1 Å². The van der Waals surface area contributed by atoms with Gasteiger partial charge in [-0.25, -0.2) is 29.3 Å². The summed E-state index contributed by atoms with van der Waals surface area (Å²) in [5.41, 5.74) is 21.3. The number of hydrogen-bond donors (Lipinski definition) is 11. The fourth-order valence-electron chi connectivity index (χ4n) is 10.7. The lowest BCUT2D eigenvalue weighted by atomic mass is 9.97. The van der Waals surface area contributed by atoms with Crippen LogP contribution in [0.25, 0.3) is 39.7 Å². The molecular formula is C74H81N19O18. The number of aliphatic carboxylic acids is 2. The Morgan fingerprint density at radius 1 is 0.505 bits per heavy atom. The number of amides is 5. The Bertz CT molecular complexity index is 5320. The van der Waals surface area contributed by atoms with Gasteiger partial charge in [0.2, 0.25) is 11.6 Å². The lowest BCUT2D eigenvalue weighted by molar-refractivity contribution is -0.165. The molecule has 37 heteroatoms. The number of carbonyl (C=O) groups excluding carboxylic acids is 5. The number of carbonyl (C=O) groups is 7. The molecule has 0 unspecified atom stereocenters. The van der Waals surface area contributed by atoms with Crippen molar-refractivity contribution in [3.05, 3.63) is 197 Å². The van der Waals surface area contributed by atoms with Gasteiger partial charge in [-0.1, -0.05) is 70.1 Å². The first kappa shape index (κ1) is 79.0. The predicted octanol–water partition coefficient (Wildman–Crippen LogP) is 6.98. The summed E-state index contributed by atoms with van der Waals surface area (Å²) in [6, 6.07) is 32.8. The third kappa shape index (κ3) is 18.4. The number of anilines is 3. The number of alkyl carbamates (subject to hydrolysis) is 2. The Labute approximate surface area is 631 Å². The molecule has 4 aliphatic heterocycles. The van der Waals surface area contributed by atoms with Gasteiger partial charge in [0.25, 0.3) is 29.5 Å². The second kappa shape index (κ2) is 32.4. The van der Waals surface area contributed by atoms with Crippen LogP contribution in [0.1, 0.15) is 107 Å². The quantitative estimate of drug-likeness (QED) is 0.0213. The largest absolute Gasteiger partial charge is 0.480 e. The van der Waals surface area contributed by atoms with Crippen LogP contribution in [0.2, 0.25) is 0 Å². The van der Waals surface area contributed by atoms with Gasteiger partial charge in [0.05, 0.1) is 71.4 Å². The van der Waals surface area contributed by atoms with E-state index in [0.717, 1.165) is 16.7 Å². The van der Waals surface area contributed by atoms with Crippen molar-refractivity contribution in [1.29, 1.82) is 0 Å². The number of oxime groups is 1. The topological polar surface area (TPSA) is 516 Å². The molecule has 0 aliphatic carbocycles. The summed E-state index contributed by atoms with van der Waals surface area (Å²) in [7, 11) is 0. The van der Waals surface area contributed by atoms with E-state index in [-0.39, 0.29) is 69.1 Å². The van der Waals surface area contributed by atoms with Crippen molar-refractivity contribution < 1.29 is 86.4 Å². The lowest BCUT2D eigenvalue weighted by Gasteiger charge is -2.38. The smallest absolute Gasteiger partial charge is 0.408 e. The molecule has 3 aromatic carbocycles. The van der Waals surface area contributed by atoms with Gasteiger partial charge in [-0.3, -0.25) is 32.4 Å². The molecule has 5 amide bonds. The molecule has 15 rings (SSSR count). The number of rotatable bonds is 15. The molecule has 0 saturated carbocycles. The van der Waals surface area contributed by atoms with E-state index in [4.69, 9.17) is 65.4 Å². The number of nitrogens with one attached hydrogen (secondary N) is 5. The van der Waals surface area contributed by atoms with Gasteiger partial charge in [0, 0.05) is 52.3 Å². The van der Waals surface area contributed by atoms with Gasteiger partial charge in [-0.15, -0.1) is 0 Å². The number of nitrogens with zero attached hydrogens (tertiary/aromatic N) is 11. The van der Waals surface area contributed by atoms with Gasteiger partial charge in [-0.05, 0) is 134 Å². The van der Waals surface area contributed by atoms with Crippen molar-refractivity contribution >= 4 is 81.7 Å². The predicted molar refractivity (Wildman–Crippen MR) is 397 cm³/mol. The maximum absolute atomic E-state index is 13.0. The molecule has 4 saturated heterocycles. The maximum atomic E-state index is 13.0. The van der Waals surface area contributed by atoms with Crippen LogP contribution >= 0.6 is 0 Å². The number of imidazole rings is 3. The van der Waals surface area contributed by atoms with Crippen LogP contribution in [0.3, 0.4) is 0 Å². The maximum Gasteiger partial charge on any atom is 0.408 e. The number of nitrogens with two attached hydrogens (primary N) is 3. The minimum absolute atomic E-state index is 0.0182. The zero-order chi connectivity index (χ0) is 79.8. The number of fused-ring (bicyclic) bond motifs is 3. The number of hydrogen-bond acceptors (Lipinski definition) is 26. The normalized spacial score (nSPS) is 15.5. The van der Waals surface area contributed by atoms with E-state index >= 15 is 0 Å². The van der Waals surface area contributed by atoms with E-state index in [2.05, 4.69) is 71.7 Å². The number of amidine groups is 1. The standard InChI is InChI=1S/C25H26N6O5.C20H18N6O3.C16H15N5O2.C9H15NO5.C4H7NO3/c1-15-8-9-16(11-17(15)27-21(32)18-12-26-19-7-5-6-10-31(18)19)20-28-22(36-30-20)25(13-34-14-25)29-23(33)35-24(2,3)4;1-12-5-6-13(17-24-19(29-25-17)20(21)10-28-11-20)8-14(12)23-18(27)15-9-22-16-4-2-3-7-26(15)16;1-10-5-6-11(15(17)20-23)8-12(10)19-16(22)13-9-18-14-4-2-3-7-21(13)14;1-8(2,3)15-7(13)10-9(6(11)12)4-14-5-9;5-4(3(6)7)1-8-2-4/h5-12H,13-14H2,1-4H3,(H,27,32)(H,29,33);2-9H,10-11,21H2,1H3,(H,23,27);2-9,23H,1H3,(H2,17,20)(H,19,22);4-5H2,1-3H3,(H,10,13)(H,11,12);1-2,5H2,(H,6,7). The van der Waals surface area contributed by atoms with Crippen LogP contribution in [0.4, 0.5) is 26.7 Å². The molecule has 111 heavy (non-hydrogen) atoms. The van der Waals surface area contributed by atoms with Crippen LogP contribution in [0, 0.1) is 20.8 Å². The van der Waals surface area contributed by atoms with Crippen LogP contribution in [-0.2, 0) is 49.1 Å². The number of carboxylic acid groups (broad SMARTS) is 2. The molecular weight excluding hydrogens is 1440 g/mol. The number of aromatic nitrogens is 10. The second-order valence-electron chi connectivity index (χ2n) is 28.3. The molecule has 0 atom stereocenters. The number of carboxylic acids is 2. The summed E-state index contributed by atoms with van der Waals surface area (Å²) in [6.07, 6.45) is 8.63. The van der Waals surface area contributed by atoms with E-state index in [1.165, 1.54) is 12.4 Å². The number of aryl methyl sites for hydroxylation is 3. The molecule has 8 aromatic heterocycles. The molecule has 0 radical (unpaired) electrons.